The fraction of sp³-hybridized carbons (Fsp3) is 1.00. The van der Waals surface area contributed by atoms with Gasteiger partial charge in [-0.2, -0.15) is 0 Å². The number of hydrogen-bond donors (Lipinski definition) is 1. The fourth-order valence-electron chi connectivity index (χ4n) is 5.36. The maximum absolute atomic E-state index is 3.80. The van der Waals surface area contributed by atoms with Gasteiger partial charge in [-0.3, -0.25) is 0 Å². The Morgan fingerprint density at radius 2 is 1.71 bits per heavy atom. The van der Waals surface area contributed by atoms with E-state index >= 15 is 0 Å². The molecule has 0 heterocycles. The van der Waals surface area contributed by atoms with E-state index in [2.05, 4.69) is 45.2 Å². The lowest BCUT2D eigenvalue weighted by Gasteiger charge is -2.54. The highest BCUT2D eigenvalue weighted by Crippen LogP contribution is 2.45. The zero-order valence-corrected chi connectivity index (χ0v) is 15.1. The van der Waals surface area contributed by atoms with E-state index in [4.69, 9.17) is 0 Å². The SMILES string of the molecule is CCC1CCCCC1C(NC)C1(N(C)C)CCC(C)CC1. The van der Waals surface area contributed by atoms with Gasteiger partial charge in [-0.25, -0.2) is 0 Å². The van der Waals surface area contributed by atoms with Gasteiger partial charge in [0.25, 0.3) is 0 Å². The summed E-state index contributed by atoms with van der Waals surface area (Å²) in [6.07, 6.45) is 12.7. The molecule has 0 amide bonds. The molecule has 1 N–H and O–H groups in total. The molecule has 0 aromatic carbocycles. The molecule has 124 valence electrons. The van der Waals surface area contributed by atoms with E-state index in [1.807, 2.05) is 0 Å². The van der Waals surface area contributed by atoms with Gasteiger partial charge in [0.05, 0.1) is 0 Å². The van der Waals surface area contributed by atoms with E-state index in [-0.39, 0.29) is 0 Å². The first-order chi connectivity index (χ1) is 10.0. The van der Waals surface area contributed by atoms with Gasteiger partial charge in [-0.05, 0) is 71.0 Å². The van der Waals surface area contributed by atoms with Crippen molar-refractivity contribution in [2.75, 3.05) is 21.1 Å². The number of rotatable bonds is 5. The lowest BCUT2D eigenvalue weighted by Crippen LogP contribution is -2.63. The van der Waals surface area contributed by atoms with Crippen molar-refractivity contribution in [2.24, 2.45) is 17.8 Å². The molecule has 2 rings (SSSR count). The van der Waals surface area contributed by atoms with Gasteiger partial charge in [-0.15, -0.1) is 0 Å². The molecule has 0 aliphatic heterocycles. The van der Waals surface area contributed by atoms with E-state index in [9.17, 15) is 0 Å². The van der Waals surface area contributed by atoms with E-state index < -0.39 is 0 Å². The molecule has 0 spiro atoms. The third-order valence-electron chi connectivity index (χ3n) is 6.84. The lowest BCUT2D eigenvalue weighted by molar-refractivity contribution is 0.00120. The van der Waals surface area contributed by atoms with E-state index in [1.54, 1.807) is 0 Å². The minimum absolute atomic E-state index is 0.386. The summed E-state index contributed by atoms with van der Waals surface area (Å²) in [4.78, 5) is 2.57. The molecule has 2 aliphatic rings. The van der Waals surface area contributed by atoms with Crippen LogP contribution in [0, 0.1) is 17.8 Å². The minimum atomic E-state index is 0.386. The molecule has 0 aromatic heterocycles. The number of likely N-dealkylation sites (N-methyl/N-ethyl adjacent to an activating group) is 2. The van der Waals surface area contributed by atoms with Crippen LogP contribution in [0.2, 0.25) is 0 Å². The Balaban J connectivity index is 2.22. The van der Waals surface area contributed by atoms with Crippen LogP contribution >= 0.6 is 0 Å². The molecule has 3 unspecified atom stereocenters. The monoisotopic (exact) mass is 294 g/mol. The Labute approximate surface area is 133 Å². The molecule has 3 atom stereocenters. The predicted molar refractivity (Wildman–Crippen MR) is 92.6 cm³/mol. The highest BCUT2D eigenvalue weighted by molar-refractivity contribution is 5.05. The average molecular weight is 295 g/mol. The van der Waals surface area contributed by atoms with Crippen LogP contribution in [-0.4, -0.2) is 37.6 Å². The molecule has 0 saturated heterocycles. The smallest absolute Gasteiger partial charge is 0.0359 e. The zero-order chi connectivity index (χ0) is 15.5. The van der Waals surface area contributed by atoms with Crippen molar-refractivity contribution in [3.05, 3.63) is 0 Å². The number of hydrogen-bond acceptors (Lipinski definition) is 2. The molecule has 0 radical (unpaired) electrons. The van der Waals surface area contributed by atoms with Gasteiger partial charge >= 0.3 is 0 Å². The third kappa shape index (κ3) is 3.47. The van der Waals surface area contributed by atoms with Crippen LogP contribution in [0.1, 0.15) is 71.6 Å². The quantitative estimate of drug-likeness (QED) is 0.813. The van der Waals surface area contributed by atoms with Crippen molar-refractivity contribution < 1.29 is 0 Å². The van der Waals surface area contributed by atoms with Gasteiger partial charge in [0, 0.05) is 11.6 Å². The zero-order valence-electron chi connectivity index (χ0n) is 15.1. The largest absolute Gasteiger partial charge is 0.315 e. The summed E-state index contributed by atoms with van der Waals surface area (Å²) in [5.74, 6) is 2.74. The standard InChI is InChI=1S/C19H38N2/c1-6-16-9-7-8-10-17(16)18(20-3)19(21(4)5)13-11-15(2)12-14-19/h15-18,20H,6-14H2,1-5H3. The summed E-state index contributed by atoms with van der Waals surface area (Å²) in [5.41, 5.74) is 0.386. The molecule has 2 heteroatoms. The van der Waals surface area contributed by atoms with Crippen molar-refractivity contribution >= 4 is 0 Å². The lowest BCUT2D eigenvalue weighted by atomic mass is 9.63. The van der Waals surface area contributed by atoms with Crippen LogP contribution in [0.5, 0.6) is 0 Å². The Morgan fingerprint density at radius 3 is 2.24 bits per heavy atom. The first-order valence-electron chi connectivity index (χ1n) is 9.39. The first kappa shape index (κ1) is 17.3. The Bertz CT molecular complexity index is 305. The van der Waals surface area contributed by atoms with Crippen molar-refractivity contribution in [1.82, 2.24) is 10.2 Å². The fourth-order valence-corrected chi connectivity index (χ4v) is 5.36. The maximum atomic E-state index is 3.80. The van der Waals surface area contributed by atoms with Crippen molar-refractivity contribution in [2.45, 2.75) is 83.2 Å². The predicted octanol–water partition coefficient (Wildman–Crippen LogP) is 4.30. The first-order valence-corrected chi connectivity index (χ1v) is 9.39. The molecule has 0 bridgehead atoms. The van der Waals surface area contributed by atoms with Crippen molar-refractivity contribution in [3.63, 3.8) is 0 Å². The summed E-state index contributed by atoms with van der Waals surface area (Å²) in [6, 6.07) is 0.672. The minimum Gasteiger partial charge on any atom is -0.315 e. The highest BCUT2D eigenvalue weighted by atomic mass is 15.2. The van der Waals surface area contributed by atoms with Gasteiger partial charge in [0.1, 0.15) is 0 Å². The van der Waals surface area contributed by atoms with E-state index in [0.29, 0.717) is 11.6 Å². The molecule has 2 aliphatic carbocycles. The van der Waals surface area contributed by atoms with Gasteiger partial charge in [-0.1, -0.05) is 39.5 Å². The summed E-state index contributed by atoms with van der Waals surface area (Å²) < 4.78 is 0. The van der Waals surface area contributed by atoms with Crippen LogP contribution < -0.4 is 5.32 Å². The molecule has 21 heavy (non-hydrogen) atoms. The third-order valence-corrected chi connectivity index (χ3v) is 6.84. The van der Waals surface area contributed by atoms with Crippen LogP contribution in [0.25, 0.3) is 0 Å². The summed E-state index contributed by atoms with van der Waals surface area (Å²) in [7, 11) is 6.86. The normalized spacial score (nSPS) is 39.4. The second-order valence-corrected chi connectivity index (χ2v) is 8.06. The summed E-state index contributed by atoms with van der Waals surface area (Å²) >= 11 is 0. The number of nitrogens with zero attached hydrogens (tertiary/aromatic N) is 1. The summed E-state index contributed by atoms with van der Waals surface area (Å²) in [5, 5.41) is 3.80. The van der Waals surface area contributed by atoms with E-state index in [1.165, 1.54) is 57.8 Å². The highest BCUT2D eigenvalue weighted by Gasteiger charge is 2.47. The Hall–Kier alpha value is -0.0800. The van der Waals surface area contributed by atoms with Crippen LogP contribution in [0.4, 0.5) is 0 Å². The molecular formula is C19H38N2. The molecular weight excluding hydrogens is 256 g/mol. The van der Waals surface area contributed by atoms with Crippen LogP contribution in [0.3, 0.4) is 0 Å². The summed E-state index contributed by atoms with van der Waals surface area (Å²) in [6.45, 7) is 4.84. The van der Waals surface area contributed by atoms with Crippen molar-refractivity contribution in [1.29, 1.82) is 0 Å². The van der Waals surface area contributed by atoms with Crippen LogP contribution in [0.15, 0.2) is 0 Å². The van der Waals surface area contributed by atoms with Gasteiger partial charge in [0.2, 0.25) is 0 Å². The molecule has 0 aromatic rings. The van der Waals surface area contributed by atoms with Crippen LogP contribution in [-0.2, 0) is 0 Å². The van der Waals surface area contributed by atoms with Gasteiger partial charge < -0.3 is 10.2 Å². The average Bonchev–Trinajstić information content (AvgIpc) is 2.50. The second kappa shape index (κ2) is 7.46. The Morgan fingerprint density at radius 1 is 1.10 bits per heavy atom. The molecule has 2 fully saturated rings. The van der Waals surface area contributed by atoms with Gasteiger partial charge in [0.15, 0.2) is 0 Å². The molecule has 2 nitrogen and oxygen atoms in total. The van der Waals surface area contributed by atoms with E-state index in [0.717, 1.165) is 17.8 Å². The maximum Gasteiger partial charge on any atom is 0.0359 e. The number of nitrogens with one attached hydrogen (secondary N) is 1. The second-order valence-electron chi connectivity index (χ2n) is 8.06. The van der Waals surface area contributed by atoms with Crippen molar-refractivity contribution in [3.8, 4) is 0 Å². The Kier molecular flexibility index (Phi) is 6.14. The topological polar surface area (TPSA) is 15.3 Å². The molecule has 2 saturated carbocycles.